The van der Waals surface area contributed by atoms with Gasteiger partial charge in [-0.15, -0.1) is 0 Å². The molecule has 1 amide bonds. The first kappa shape index (κ1) is 18.2. The second-order valence-corrected chi connectivity index (χ2v) is 6.68. The van der Waals surface area contributed by atoms with Crippen molar-refractivity contribution in [3.8, 4) is 0 Å². The van der Waals surface area contributed by atoms with E-state index in [1.807, 2.05) is 19.9 Å². The highest BCUT2D eigenvalue weighted by atomic mass is 16.3. The van der Waals surface area contributed by atoms with Crippen LogP contribution in [0.2, 0.25) is 0 Å². The second kappa shape index (κ2) is 8.08. The Bertz CT molecular complexity index is 623. The molecule has 0 aromatic carbocycles. The Morgan fingerprint density at radius 2 is 2.12 bits per heavy atom. The number of ketones is 1. The van der Waals surface area contributed by atoms with Crippen molar-refractivity contribution in [1.82, 2.24) is 9.88 Å². The lowest BCUT2D eigenvalue weighted by atomic mass is 9.93. The molecule has 1 aromatic rings. The van der Waals surface area contributed by atoms with Crippen LogP contribution in [0.25, 0.3) is 0 Å². The lowest BCUT2D eigenvalue weighted by molar-refractivity contribution is -0.129. The number of Topliss-reactive ketones (excluding diaryl/α,β-unsaturated/α-hetero) is 1. The van der Waals surface area contributed by atoms with Crippen LogP contribution in [0, 0.1) is 5.92 Å². The van der Waals surface area contributed by atoms with E-state index in [2.05, 4.69) is 11.9 Å². The van der Waals surface area contributed by atoms with Gasteiger partial charge in [0.1, 0.15) is 0 Å². The Morgan fingerprint density at radius 3 is 2.71 bits per heavy atom. The molecule has 0 bridgehead atoms. The average Bonchev–Trinajstić information content (AvgIpc) is 2.80. The number of carbonyl (C=O) groups is 2. The van der Waals surface area contributed by atoms with Crippen LogP contribution in [0.4, 0.5) is 0 Å². The number of hydrogen-bond donors (Lipinski definition) is 1. The van der Waals surface area contributed by atoms with Crippen LogP contribution in [0.3, 0.4) is 0 Å². The number of carbonyl (C=O) groups excluding carboxylic acids is 2. The molecule has 5 nitrogen and oxygen atoms in total. The minimum Gasteiger partial charge on any atom is -0.503 e. The summed E-state index contributed by atoms with van der Waals surface area (Å²) >= 11 is 0. The van der Waals surface area contributed by atoms with Crippen molar-refractivity contribution < 1.29 is 14.7 Å². The SMILES string of the molecule is CCCCCN1C(=O)C(O)=C(C(=O)CC(C)C)C1c1cccnc1. The van der Waals surface area contributed by atoms with E-state index < -0.39 is 17.7 Å². The number of pyridine rings is 1. The molecule has 2 heterocycles. The molecular weight excluding hydrogens is 304 g/mol. The van der Waals surface area contributed by atoms with Gasteiger partial charge >= 0.3 is 0 Å². The van der Waals surface area contributed by atoms with Gasteiger partial charge in [0.25, 0.3) is 5.91 Å². The zero-order valence-electron chi connectivity index (χ0n) is 14.7. The Morgan fingerprint density at radius 1 is 1.38 bits per heavy atom. The molecule has 5 heteroatoms. The molecule has 0 saturated carbocycles. The molecule has 1 aromatic heterocycles. The molecule has 0 aliphatic carbocycles. The molecule has 2 rings (SSSR count). The number of amides is 1. The third kappa shape index (κ3) is 3.83. The number of hydrogen-bond acceptors (Lipinski definition) is 4. The van der Waals surface area contributed by atoms with E-state index in [1.165, 1.54) is 0 Å². The number of rotatable bonds is 8. The topological polar surface area (TPSA) is 70.5 Å². The standard InChI is InChI=1S/C19H26N2O3/c1-4-5-6-10-21-17(14-8-7-9-20-12-14)16(18(23)19(21)24)15(22)11-13(2)3/h7-9,12-13,17,23H,4-6,10-11H2,1-3H3. The maximum absolute atomic E-state index is 12.7. The predicted octanol–water partition coefficient (Wildman–Crippen LogP) is 3.58. The van der Waals surface area contributed by atoms with E-state index in [-0.39, 0.29) is 17.3 Å². The number of aliphatic hydroxyl groups excluding tert-OH is 1. The van der Waals surface area contributed by atoms with Crippen LogP contribution in [0.15, 0.2) is 35.9 Å². The van der Waals surface area contributed by atoms with Gasteiger partial charge in [0.2, 0.25) is 0 Å². The summed E-state index contributed by atoms with van der Waals surface area (Å²) < 4.78 is 0. The predicted molar refractivity (Wildman–Crippen MR) is 92.3 cm³/mol. The number of aliphatic hydroxyl groups is 1. The Balaban J connectivity index is 2.38. The third-order valence-electron chi connectivity index (χ3n) is 4.20. The molecule has 1 unspecified atom stereocenters. The average molecular weight is 330 g/mol. The monoisotopic (exact) mass is 330 g/mol. The minimum atomic E-state index is -0.533. The van der Waals surface area contributed by atoms with E-state index in [4.69, 9.17) is 0 Å². The molecule has 130 valence electrons. The molecule has 1 aliphatic heterocycles. The van der Waals surface area contributed by atoms with Crippen molar-refractivity contribution in [3.05, 3.63) is 41.4 Å². The Kier molecular flexibility index (Phi) is 6.12. The minimum absolute atomic E-state index is 0.164. The highest BCUT2D eigenvalue weighted by Crippen LogP contribution is 2.38. The lowest BCUT2D eigenvalue weighted by Crippen LogP contribution is -2.32. The molecule has 0 fully saturated rings. The van der Waals surface area contributed by atoms with Gasteiger partial charge in [0, 0.05) is 25.4 Å². The first-order valence-electron chi connectivity index (χ1n) is 8.64. The fourth-order valence-corrected chi connectivity index (χ4v) is 3.07. The maximum Gasteiger partial charge on any atom is 0.290 e. The molecule has 24 heavy (non-hydrogen) atoms. The van der Waals surface area contributed by atoms with Gasteiger partial charge < -0.3 is 10.0 Å². The summed E-state index contributed by atoms with van der Waals surface area (Å²) in [6, 6.07) is 3.09. The van der Waals surface area contributed by atoms with Crippen LogP contribution < -0.4 is 0 Å². The largest absolute Gasteiger partial charge is 0.503 e. The first-order valence-corrected chi connectivity index (χ1v) is 8.64. The summed E-state index contributed by atoms with van der Waals surface area (Å²) in [7, 11) is 0. The van der Waals surface area contributed by atoms with Crippen molar-refractivity contribution in [2.75, 3.05) is 6.54 Å². The summed E-state index contributed by atoms with van der Waals surface area (Å²) in [5, 5.41) is 10.3. The smallest absolute Gasteiger partial charge is 0.290 e. The molecule has 0 spiro atoms. The van der Waals surface area contributed by atoms with Gasteiger partial charge in [-0.25, -0.2) is 0 Å². The molecule has 1 N–H and O–H groups in total. The van der Waals surface area contributed by atoms with E-state index in [0.717, 1.165) is 24.8 Å². The summed E-state index contributed by atoms with van der Waals surface area (Å²) in [5.74, 6) is -0.850. The van der Waals surface area contributed by atoms with E-state index in [1.54, 1.807) is 23.4 Å². The summed E-state index contributed by atoms with van der Waals surface area (Å²) in [5.41, 5.74) is 0.983. The van der Waals surface area contributed by atoms with Gasteiger partial charge in [-0.3, -0.25) is 14.6 Å². The van der Waals surface area contributed by atoms with Crippen LogP contribution in [0.1, 0.15) is 58.1 Å². The molecule has 1 aliphatic rings. The first-order chi connectivity index (χ1) is 11.5. The van der Waals surface area contributed by atoms with Gasteiger partial charge in [0.15, 0.2) is 11.5 Å². The molecule has 0 radical (unpaired) electrons. The zero-order chi connectivity index (χ0) is 17.7. The quantitative estimate of drug-likeness (QED) is 0.740. The van der Waals surface area contributed by atoms with Crippen molar-refractivity contribution in [2.24, 2.45) is 5.92 Å². The van der Waals surface area contributed by atoms with Crippen LogP contribution in [-0.2, 0) is 9.59 Å². The highest BCUT2D eigenvalue weighted by Gasteiger charge is 2.43. The molecule has 1 atom stereocenters. The lowest BCUT2D eigenvalue weighted by Gasteiger charge is -2.26. The van der Waals surface area contributed by atoms with Crippen molar-refractivity contribution in [3.63, 3.8) is 0 Å². The number of nitrogens with zero attached hydrogens (tertiary/aromatic N) is 2. The fraction of sp³-hybridized carbons (Fsp3) is 0.526. The summed E-state index contributed by atoms with van der Waals surface area (Å²) in [4.78, 5) is 30.9. The van der Waals surface area contributed by atoms with Crippen LogP contribution in [0.5, 0.6) is 0 Å². The summed E-state index contributed by atoms with van der Waals surface area (Å²) in [6.45, 7) is 6.52. The van der Waals surface area contributed by atoms with E-state index in [0.29, 0.717) is 13.0 Å². The van der Waals surface area contributed by atoms with Crippen LogP contribution >= 0.6 is 0 Å². The van der Waals surface area contributed by atoms with E-state index in [9.17, 15) is 14.7 Å². The van der Waals surface area contributed by atoms with Crippen LogP contribution in [-0.4, -0.2) is 33.2 Å². The number of aromatic nitrogens is 1. The Labute approximate surface area is 143 Å². The van der Waals surface area contributed by atoms with E-state index >= 15 is 0 Å². The van der Waals surface area contributed by atoms with Gasteiger partial charge in [0.05, 0.1) is 11.6 Å². The highest BCUT2D eigenvalue weighted by molar-refractivity contribution is 6.08. The maximum atomic E-state index is 12.7. The second-order valence-electron chi connectivity index (χ2n) is 6.68. The van der Waals surface area contributed by atoms with Gasteiger partial charge in [-0.1, -0.05) is 39.7 Å². The molecular formula is C19H26N2O3. The zero-order valence-corrected chi connectivity index (χ0v) is 14.7. The van der Waals surface area contributed by atoms with Gasteiger partial charge in [-0.2, -0.15) is 0 Å². The summed E-state index contributed by atoms with van der Waals surface area (Å²) in [6.07, 6.45) is 6.51. The van der Waals surface area contributed by atoms with Crippen molar-refractivity contribution in [2.45, 2.75) is 52.5 Å². The van der Waals surface area contributed by atoms with Gasteiger partial charge in [-0.05, 0) is 24.0 Å². The van der Waals surface area contributed by atoms with Crippen molar-refractivity contribution >= 4 is 11.7 Å². The third-order valence-corrected chi connectivity index (χ3v) is 4.20. The number of unbranched alkanes of at least 4 members (excludes halogenated alkanes) is 2. The van der Waals surface area contributed by atoms with Crippen molar-refractivity contribution in [1.29, 1.82) is 0 Å². The normalized spacial score (nSPS) is 17.9. The molecule has 0 saturated heterocycles. The Hall–Kier alpha value is -2.17. The fourth-order valence-electron chi connectivity index (χ4n) is 3.07.